The zero-order valence-corrected chi connectivity index (χ0v) is 18.9. The number of nitrogens with one attached hydrogen (secondary N) is 2. The van der Waals surface area contributed by atoms with Crippen LogP contribution in [0.3, 0.4) is 0 Å². The van der Waals surface area contributed by atoms with Gasteiger partial charge in [-0.3, -0.25) is 14.5 Å². The quantitative estimate of drug-likeness (QED) is 0.697. The minimum atomic E-state index is -0.649. The Morgan fingerprint density at radius 2 is 1.55 bits per heavy atom. The first-order valence-corrected chi connectivity index (χ1v) is 10.7. The van der Waals surface area contributed by atoms with Gasteiger partial charge < -0.3 is 20.4 Å². The predicted molar refractivity (Wildman–Crippen MR) is 125 cm³/mol. The van der Waals surface area contributed by atoms with E-state index in [2.05, 4.69) is 56.6 Å². The summed E-state index contributed by atoms with van der Waals surface area (Å²) >= 11 is 0. The van der Waals surface area contributed by atoms with Gasteiger partial charge in [0.05, 0.1) is 6.04 Å². The van der Waals surface area contributed by atoms with Gasteiger partial charge in [0.2, 0.25) is 0 Å². The van der Waals surface area contributed by atoms with Crippen LogP contribution in [0.1, 0.15) is 17.2 Å². The number of piperazine rings is 1. The van der Waals surface area contributed by atoms with Crippen molar-refractivity contribution in [3.63, 3.8) is 0 Å². The van der Waals surface area contributed by atoms with Gasteiger partial charge in [0.1, 0.15) is 0 Å². The third-order valence-corrected chi connectivity index (χ3v) is 5.74. The number of likely N-dealkylation sites (N-methyl/N-ethyl adjacent to an activating group) is 1. The van der Waals surface area contributed by atoms with Crippen LogP contribution >= 0.6 is 0 Å². The van der Waals surface area contributed by atoms with Crippen molar-refractivity contribution in [2.24, 2.45) is 0 Å². The Labute approximate surface area is 185 Å². The van der Waals surface area contributed by atoms with Crippen LogP contribution in [-0.2, 0) is 9.59 Å². The van der Waals surface area contributed by atoms with Gasteiger partial charge in [-0.15, -0.1) is 0 Å². The molecule has 1 fully saturated rings. The summed E-state index contributed by atoms with van der Waals surface area (Å²) in [5.74, 6) is -1.27. The summed E-state index contributed by atoms with van der Waals surface area (Å²) < 4.78 is 0. The highest BCUT2D eigenvalue weighted by molar-refractivity contribution is 6.39. The van der Waals surface area contributed by atoms with Crippen LogP contribution < -0.4 is 15.5 Å². The number of hydrogen-bond acceptors (Lipinski definition) is 5. The molecule has 2 amide bonds. The lowest BCUT2D eigenvalue weighted by Gasteiger charge is -2.38. The highest BCUT2D eigenvalue weighted by Crippen LogP contribution is 2.24. The van der Waals surface area contributed by atoms with Gasteiger partial charge in [0.25, 0.3) is 0 Å². The topological polar surface area (TPSA) is 67.9 Å². The van der Waals surface area contributed by atoms with Gasteiger partial charge in [-0.25, -0.2) is 0 Å². The van der Waals surface area contributed by atoms with Crippen LogP contribution in [0.15, 0.2) is 48.5 Å². The van der Waals surface area contributed by atoms with Crippen molar-refractivity contribution in [2.75, 3.05) is 64.1 Å². The van der Waals surface area contributed by atoms with Crippen molar-refractivity contribution in [2.45, 2.75) is 13.0 Å². The molecule has 1 heterocycles. The molecule has 0 aromatic heterocycles. The van der Waals surface area contributed by atoms with E-state index in [1.807, 2.05) is 33.2 Å². The largest absolute Gasteiger partial charge is 0.378 e. The van der Waals surface area contributed by atoms with Crippen LogP contribution in [-0.4, -0.2) is 75.5 Å². The van der Waals surface area contributed by atoms with Crippen molar-refractivity contribution in [1.82, 2.24) is 15.1 Å². The average molecular weight is 424 g/mol. The fourth-order valence-electron chi connectivity index (χ4n) is 3.68. The molecule has 1 atom stereocenters. The number of benzene rings is 2. The smallest absolute Gasteiger partial charge is 0.313 e. The fraction of sp³-hybridized carbons (Fsp3) is 0.417. The molecule has 166 valence electrons. The molecular weight excluding hydrogens is 390 g/mol. The predicted octanol–water partition coefficient (Wildman–Crippen LogP) is 2.10. The Balaban J connectivity index is 1.66. The summed E-state index contributed by atoms with van der Waals surface area (Å²) in [6.07, 6.45) is 0. The Bertz CT molecular complexity index is 872. The van der Waals surface area contributed by atoms with Crippen molar-refractivity contribution in [3.05, 3.63) is 59.7 Å². The molecule has 0 aliphatic carbocycles. The molecule has 2 aromatic rings. The standard InChI is InChI=1S/C24H33N5O2/c1-18-5-9-20(10-6-18)26-24(31)23(30)25-17-22(29-15-13-28(4)14-16-29)19-7-11-21(12-8-19)27(2)3/h5-12,22H,13-17H2,1-4H3,(H,25,30)(H,26,31)/t22-/m0/s1. The minimum Gasteiger partial charge on any atom is -0.378 e. The van der Waals surface area contributed by atoms with Crippen LogP contribution in [0.4, 0.5) is 11.4 Å². The number of anilines is 2. The van der Waals surface area contributed by atoms with Gasteiger partial charge in [-0.2, -0.15) is 0 Å². The molecule has 0 saturated carbocycles. The van der Waals surface area contributed by atoms with Crippen LogP contribution in [0.5, 0.6) is 0 Å². The SMILES string of the molecule is Cc1ccc(NC(=O)C(=O)NC[C@@H](c2ccc(N(C)C)cc2)N2CCN(C)CC2)cc1. The lowest BCUT2D eigenvalue weighted by atomic mass is 10.0. The summed E-state index contributed by atoms with van der Waals surface area (Å²) in [6, 6.07) is 15.8. The van der Waals surface area contributed by atoms with E-state index >= 15 is 0 Å². The molecule has 0 spiro atoms. The zero-order chi connectivity index (χ0) is 22.4. The third-order valence-electron chi connectivity index (χ3n) is 5.74. The summed E-state index contributed by atoms with van der Waals surface area (Å²) in [5, 5.41) is 5.50. The van der Waals surface area contributed by atoms with Gasteiger partial charge in [-0.1, -0.05) is 29.8 Å². The number of amides is 2. The maximum atomic E-state index is 12.5. The average Bonchev–Trinajstić information content (AvgIpc) is 2.76. The Morgan fingerprint density at radius 3 is 2.13 bits per heavy atom. The maximum absolute atomic E-state index is 12.5. The van der Waals surface area contributed by atoms with E-state index in [9.17, 15) is 9.59 Å². The first kappa shape index (κ1) is 22.8. The lowest BCUT2D eigenvalue weighted by molar-refractivity contribution is -0.136. The van der Waals surface area contributed by atoms with Gasteiger partial charge in [0, 0.05) is 58.2 Å². The second-order valence-corrected chi connectivity index (χ2v) is 8.37. The molecule has 7 nitrogen and oxygen atoms in total. The van der Waals surface area contributed by atoms with Crippen molar-refractivity contribution < 1.29 is 9.59 Å². The van der Waals surface area contributed by atoms with E-state index in [1.54, 1.807) is 12.1 Å². The van der Waals surface area contributed by atoms with Gasteiger partial charge in [-0.05, 0) is 43.8 Å². The molecule has 1 aliphatic heterocycles. The fourth-order valence-corrected chi connectivity index (χ4v) is 3.68. The van der Waals surface area contributed by atoms with Gasteiger partial charge in [0.15, 0.2) is 0 Å². The van der Waals surface area contributed by atoms with E-state index in [-0.39, 0.29) is 6.04 Å². The number of nitrogens with zero attached hydrogens (tertiary/aromatic N) is 3. The Hall–Kier alpha value is -2.90. The first-order valence-electron chi connectivity index (χ1n) is 10.7. The maximum Gasteiger partial charge on any atom is 0.313 e. The Kier molecular flexibility index (Phi) is 7.65. The number of carbonyl (C=O) groups excluding carboxylic acids is 2. The number of rotatable bonds is 6. The summed E-state index contributed by atoms with van der Waals surface area (Å²) in [7, 11) is 6.15. The van der Waals surface area contributed by atoms with Crippen molar-refractivity contribution >= 4 is 23.2 Å². The summed E-state index contributed by atoms with van der Waals surface area (Å²) in [6.45, 7) is 6.15. The zero-order valence-electron chi connectivity index (χ0n) is 18.9. The monoisotopic (exact) mass is 423 g/mol. The molecule has 3 rings (SSSR count). The Morgan fingerprint density at radius 1 is 0.935 bits per heavy atom. The number of hydrogen-bond donors (Lipinski definition) is 2. The lowest BCUT2D eigenvalue weighted by Crippen LogP contribution is -2.49. The second-order valence-electron chi connectivity index (χ2n) is 8.37. The molecular formula is C24H33N5O2. The van der Waals surface area contributed by atoms with E-state index in [1.165, 1.54) is 0 Å². The van der Waals surface area contributed by atoms with Crippen molar-refractivity contribution in [1.29, 1.82) is 0 Å². The first-order chi connectivity index (χ1) is 14.8. The summed E-state index contributed by atoms with van der Waals surface area (Å²) in [5.41, 5.74) is 3.97. The van der Waals surface area contributed by atoms with E-state index in [0.29, 0.717) is 12.2 Å². The molecule has 2 N–H and O–H groups in total. The number of aryl methyl sites for hydroxylation is 1. The highest BCUT2D eigenvalue weighted by Gasteiger charge is 2.25. The molecule has 31 heavy (non-hydrogen) atoms. The molecule has 1 saturated heterocycles. The molecule has 7 heteroatoms. The van der Waals surface area contributed by atoms with Crippen LogP contribution in [0, 0.1) is 6.92 Å². The second kappa shape index (κ2) is 10.4. The summed E-state index contributed by atoms with van der Waals surface area (Å²) in [4.78, 5) is 31.5. The van der Waals surface area contributed by atoms with E-state index in [4.69, 9.17) is 0 Å². The van der Waals surface area contributed by atoms with Crippen molar-refractivity contribution in [3.8, 4) is 0 Å². The molecule has 0 unspecified atom stereocenters. The van der Waals surface area contributed by atoms with Crippen LogP contribution in [0.25, 0.3) is 0 Å². The van der Waals surface area contributed by atoms with Gasteiger partial charge >= 0.3 is 11.8 Å². The molecule has 2 aromatic carbocycles. The molecule has 0 bridgehead atoms. The normalized spacial score (nSPS) is 15.9. The van der Waals surface area contributed by atoms with E-state index in [0.717, 1.165) is 43.0 Å². The minimum absolute atomic E-state index is 0.0148. The molecule has 1 aliphatic rings. The van der Waals surface area contributed by atoms with E-state index < -0.39 is 11.8 Å². The molecule has 0 radical (unpaired) electrons. The highest BCUT2D eigenvalue weighted by atomic mass is 16.2. The third kappa shape index (κ3) is 6.29. The van der Waals surface area contributed by atoms with Crippen LogP contribution in [0.2, 0.25) is 0 Å². The number of carbonyl (C=O) groups is 2.